The minimum Gasteiger partial charge on any atom is -0.337 e. The van der Waals surface area contributed by atoms with Crippen molar-refractivity contribution < 1.29 is 9.59 Å². The number of hydrogen-bond donors (Lipinski definition) is 0. The number of nitrogens with zero attached hydrogens (tertiary/aromatic N) is 6. The number of carbonyl (C=O) groups excluding carboxylic acids is 2. The highest BCUT2D eigenvalue weighted by Gasteiger charge is 2.36. The first-order valence-corrected chi connectivity index (χ1v) is 13.7. The molecule has 2 amide bonds. The Balaban J connectivity index is 1.45. The van der Waals surface area contributed by atoms with E-state index in [2.05, 4.69) is 33.2 Å². The van der Waals surface area contributed by atoms with Crippen LogP contribution in [-0.4, -0.2) is 61.6 Å². The third kappa shape index (κ3) is 5.80. The van der Waals surface area contributed by atoms with Gasteiger partial charge in [0.1, 0.15) is 0 Å². The van der Waals surface area contributed by atoms with Crippen LogP contribution in [0.5, 0.6) is 0 Å². The second-order valence-electron chi connectivity index (χ2n) is 10.7. The van der Waals surface area contributed by atoms with Crippen LogP contribution in [0.25, 0.3) is 0 Å². The Hall–Kier alpha value is -3.52. The molecule has 4 heterocycles. The zero-order valence-electron chi connectivity index (χ0n) is 22.7. The molecule has 200 valence electrons. The number of amides is 2. The van der Waals surface area contributed by atoms with Crippen molar-refractivity contribution in [3.63, 3.8) is 0 Å². The molecule has 5 rings (SSSR count). The molecule has 0 radical (unpaired) electrons. The summed E-state index contributed by atoms with van der Waals surface area (Å²) in [5.41, 5.74) is 5.25. The molecule has 8 heteroatoms. The number of aromatic nitrogens is 3. The van der Waals surface area contributed by atoms with E-state index in [9.17, 15) is 9.59 Å². The van der Waals surface area contributed by atoms with Crippen molar-refractivity contribution in [3.05, 3.63) is 77.4 Å². The highest BCUT2D eigenvalue weighted by molar-refractivity contribution is 5.92. The summed E-state index contributed by atoms with van der Waals surface area (Å²) in [6.07, 6.45) is 9.82. The molecule has 8 nitrogen and oxygen atoms in total. The van der Waals surface area contributed by atoms with Gasteiger partial charge in [0, 0.05) is 82.9 Å². The van der Waals surface area contributed by atoms with Gasteiger partial charge in [-0.25, -0.2) is 0 Å². The molecular formula is C30H38N6O2. The maximum atomic E-state index is 13.8. The van der Waals surface area contributed by atoms with Gasteiger partial charge in [0.2, 0.25) is 11.8 Å². The molecular weight excluding hydrogens is 476 g/mol. The lowest BCUT2D eigenvalue weighted by Crippen LogP contribution is -2.45. The summed E-state index contributed by atoms with van der Waals surface area (Å²) in [6.45, 7) is 6.31. The van der Waals surface area contributed by atoms with Gasteiger partial charge in [-0.05, 0) is 67.5 Å². The van der Waals surface area contributed by atoms with Crippen LogP contribution >= 0.6 is 0 Å². The number of hydrogen-bond acceptors (Lipinski definition) is 5. The molecule has 38 heavy (non-hydrogen) atoms. The number of carbonyl (C=O) groups is 2. The van der Waals surface area contributed by atoms with Gasteiger partial charge in [0.05, 0.1) is 5.69 Å². The van der Waals surface area contributed by atoms with Crippen molar-refractivity contribution in [3.8, 4) is 0 Å². The van der Waals surface area contributed by atoms with Crippen LogP contribution in [0, 0.1) is 6.92 Å². The number of benzene rings is 1. The molecule has 2 aliphatic rings. The molecule has 0 spiro atoms. The number of rotatable bonds is 5. The molecule has 2 bridgehead atoms. The molecule has 3 aromatic rings. The molecule has 1 fully saturated rings. The van der Waals surface area contributed by atoms with Crippen LogP contribution in [0.1, 0.15) is 55.0 Å². The third-order valence-electron chi connectivity index (χ3n) is 8.10. The Morgan fingerprint density at radius 2 is 1.79 bits per heavy atom. The van der Waals surface area contributed by atoms with Crippen molar-refractivity contribution in [1.82, 2.24) is 24.6 Å². The number of pyridine rings is 1. The zero-order valence-corrected chi connectivity index (χ0v) is 22.7. The highest BCUT2D eigenvalue weighted by atomic mass is 16.2. The van der Waals surface area contributed by atoms with E-state index in [-0.39, 0.29) is 17.9 Å². The van der Waals surface area contributed by atoms with E-state index in [0.717, 1.165) is 48.3 Å². The lowest BCUT2D eigenvalue weighted by molar-refractivity contribution is -0.132. The summed E-state index contributed by atoms with van der Waals surface area (Å²) in [4.78, 5) is 37.3. The van der Waals surface area contributed by atoms with Crippen LogP contribution in [0.4, 0.5) is 5.69 Å². The fourth-order valence-corrected chi connectivity index (χ4v) is 6.12. The summed E-state index contributed by atoms with van der Waals surface area (Å²) < 4.78 is 1.81. The van der Waals surface area contributed by atoms with Gasteiger partial charge < -0.3 is 9.80 Å². The van der Waals surface area contributed by atoms with Crippen molar-refractivity contribution in [2.24, 2.45) is 7.05 Å². The van der Waals surface area contributed by atoms with Gasteiger partial charge in [-0.15, -0.1) is 0 Å². The average molecular weight is 515 g/mol. The van der Waals surface area contributed by atoms with E-state index in [1.54, 1.807) is 6.92 Å². The Morgan fingerprint density at radius 3 is 2.53 bits per heavy atom. The summed E-state index contributed by atoms with van der Waals surface area (Å²) in [7, 11) is 1.91. The Labute approximate surface area is 225 Å². The highest BCUT2D eigenvalue weighted by Crippen LogP contribution is 2.32. The molecule has 1 saturated heterocycles. The quantitative estimate of drug-likeness (QED) is 0.517. The predicted molar refractivity (Wildman–Crippen MR) is 147 cm³/mol. The SMILES string of the molecule is CC(=O)N1CCC2CCC(CN(C(=O)CCc3cn(C)nc3C)Cc3ccccc31)N2Cc1ccncc1. The summed E-state index contributed by atoms with van der Waals surface area (Å²) in [6, 6.07) is 12.8. The van der Waals surface area contributed by atoms with Gasteiger partial charge in [0.25, 0.3) is 0 Å². The largest absolute Gasteiger partial charge is 0.337 e. The van der Waals surface area contributed by atoms with Crippen molar-refractivity contribution in [2.45, 2.75) is 71.1 Å². The van der Waals surface area contributed by atoms with Crippen LogP contribution in [0.2, 0.25) is 0 Å². The van der Waals surface area contributed by atoms with Crippen LogP contribution in [0.15, 0.2) is 55.0 Å². The molecule has 2 aliphatic heterocycles. The smallest absolute Gasteiger partial charge is 0.223 e. The summed E-state index contributed by atoms with van der Waals surface area (Å²) in [5.74, 6) is 0.181. The van der Waals surface area contributed by atoms with Gasteiger partial charge in [0.15, 0.2) is 0 Å². The second kappa shape index (κ2) is 11.5. The van der Waals surface area contributed by atoms with E-state index in [0.29, 0.717) is 38.5 Å². The normalized spacial score (nSPS) is 20.2. The molecule has 0 aliphatic carbocycles. The number of fused-ring (bicyclic) bond motifs is 3. The number of anilines is 1. The Morgan fingerprint density at radius 1 is 1.03 bits per heavy atom. The third-order valence-corrected chi connectivity index (χ3v) is 8.10. The standard InChI is InChI=1S/C30H38N6O2/c1-22-25(19-33(3)32-22)8-11-30(38)34-20-26-6-4-5-7-29(26)35(23(2)37)17-14-27-9-10-28(21-34)36(27)18-24-12-15-31-16-13-24/h4-7,12-13,15-16,19,27-28H,8-11,14,17-18,20-21H2,1-3H3. The topological polar surface area (TPSA) is 74.6 Å². The first-order valence-electron chi connectivity index (χ1n) is 13.7. The number of para-hydroxylation sites is 1. The van der Waals surface area contributed by atoms with Crippen molar-refractivity contribution >= 4 is 17.5 Å². The van der Waals surface area contributed by atoms with E-state index < -0.39 is 0 Å². The van der Waals surface area contributed by atoms with E-state index in [1.807, 2.05) is 65.2 Å². The monoisotopic (exact) mass is 514 g/mol. The predicted octanol–water partition coefficient (Wildman–Crippen LogP) is 3.87. The van der Waals surface area contributed by atoms with E-state index >= 15 is 0 Å². The maximum Gasteiger partial charge on any atom is 0.223 e. The van der Waals surface area contributed by atoms with Gasteiger partial charge in [-0.3, -0.25) is 24.2 Å². The fraction of sp³-hybridized carbons (Fsp3) is 0.467. The molecule has 0 N–H and O–H groups in total. The second-order valence-corrected chi connectivity index (χ2v) is 10.7. The number of aryl methyl sites for hydroxylation is 3. The van der Waals surface area contributed by atoms with Crippen LogP contribution in [-0.2, 0) is 36.1 Å². The molecule has 0 saturated carbocycles. The van der Waals surface area contributed by atoms with E-state index in [1.165, 1.54) is 5.56 Å². The minimum absolute atomic E-state index is 0.0388. The Kier molecular flexibility index (Phi) is 7.88. The Bertz CT molecular complexity index is 1270. The first kappa shape index (κ1) is 26.1. The van der Waals surface area contributed by atoms with Gasteiger partial charge in [-0.1, -0.05) is 18.2 Å². The molecule has 2 atom stereocenters. The minimum atomic E-state index is 0.0388. The van der Waals surface area contributed by atoms with Crippen molar-refractivity contribution in [1.29, 1.82) is 0 Å². The van der Waals surface area contributed by atoms with Crippen LogP contribution < -0.4 is 4.90 Å². The lowest BCUT2D eigenvalue weighted by Gasteiger charge is -2.34. The average Bonchev–Trinajstić information content (AvgIpc) is 3.42. The molecule has 2 aromatic heterocycles. The first-order chi connectivity index (χ1) is 18.4. The summed E-state index contributed by atoms with van der Waals surface area (Å²) in [5, 5.41) is 4.44. The van der Waals surface area contributed by atoms with Crippen molar-refractivity contribution in [2.75, 3.05) is 18.0 Å². The van der Waals surface area contributed by atoms with Crippen LogP contribution in [0.3, 0.4) is 0 Å². The van der Waals surface area contributed by atoms with Gasteiger partial charge in [-0.2, -0.15) is 5.10 Å². The maximum absolute atomic E-state index is 13.8. The zero-order chi connectivity index (χ0) is 26.6. The molecule has 2 unspecified atom stereocenters. The molecule has 1 aromatic carbocycles. The fourth-order valence-electron chi connectivity index (χ4n) is 6.12. The van der Waals surface area contributed by atoms with E-state index in [4.69, 9.17) is 0 Å². The summed E-state index contributed by atoms with van der Waals surface area (Å²) >= 11 is 0. The lowest BCUT2D eigenvalue weighted by atomic mass is 10.1. The van der Waals surface area contributed by atoms with Gasteiger partial charge >= 0.3 is 0 Å².